The predicted octanol–water partition coefficient (Wildman–Crippen LogP) is 2.06. The molecule has 0 saturated carbocycles. The van der Waals surface area contributed by atoms with Crippen molar-refractivity contribution < 1.29 is 19.4 Å². The van der Waals surface area contributed by atoms with Gasteiger partial charge in [0.25, 0.3) is 0 Å². The first-order chi connectivity index (χ1) is 10.4. The zero-order valence-corrected chi connectivity index (χ0v) is 13.6. The Morgan fingerprint density at radius 1 is 1.36 bits per heavy atom. The van der Waals surface area contributed by atoms with Gasteiger partial charge in [-0.2, -0.15) is 0 Å². The summed E-state index contributed by atoms with van der Waals surface area (Å²) in [6.45, 7) is 2.02. The zero-order chi connectivity index (χ0) is 16.3. The van der Waals surface area contributed by atoms with Crippen LogP contribution < -0.4 is 0 Å². The highest BCUT2D eigenvalue weighted by molar-refractivity contribution is 6.36. The number of rotatable bonds is 4. The molecule has 2 rings (SSSR count). The number of halogens is 2. The molecule has 7 heteroatoms. The summed E-state index contributed by atoms with van der Waals surface area (Å²) >= 11 is 12.1. The van der Waals surface area contributed by atoms with Gasteiger partial charge in [0.1, 0.15) is 6.04 Å². The van der Waals surface area contributed by atoms with Crippen molar-refractivity contribution in [1.82, 2.24) is 4.90 Å². The lowest BCUT2D eigenvalue weighted by atomic mass is 10.1. The smallest absolute Gasteiger partial charge is 0.328 e. The predicted molar refractivity (Wildman–Crippen MR) is 82.9 cm³/mol. The zero-order valence-electron chi connectivity index (χ0n) is 12.1. The lowest BCUT2D eigenvalue weighted by molar-refractivity contribution is -0.152. The topological polar surface area (TPSA) is 66.8 Å². The van der Waals surface area contributed by atoms with Gasteiger partial charge in [-0.05, 0) is 24.6 Å². The Labute approximate surface area is 138 Å². The quantitative estimate of drug-likeness (QED) is 0.848. The van der Waals surface area contributed by atoms with Crippen molar-refractivity contribution in [1.29, 1.82) is 0 Å². The fourth-order valence-electron chi connectivity index (χ4n) is 2.51. The number of hydrogen-bond acceptors (Lipinski definition) is 4. The number of carbonyl (C=O) groups excluding carboxylic acids is 2. The van der Waals surface area contributed by atoms with E-state index < -0.39 is 18.1 Å². The second-order valence-electron chi connectivity index (χ2n) is 5.08. The summed E-state index contributed by atoms with van der Waals surface area (Å²) in [6.07, 6.45) is -0.581. The molecule has 1 aliphatic heterocycles. The fourth-order valence-corrected chi connectivity index (χ4v) is 3.04. The van der Waals surface area contributed by atoms with E-state index in [9.17, 15) is 14.7 Å². The number of aliphatic hydroxyl groups excluding tert-OH is 1. The van der Waals surface area contributed by atoms with Crippen LogP contribution in [-0.2, 0) is 20.7 Å². The summed E-state index contributed by atoms with van der Waals surface area (Å²) < 4.78 is 4.96. The lowest BCUT2D eigenvalue weighted by Crippen LogP contribution is -2.42. The third-order valence-electron chi connectivity index (χ3n) is 3.55. The molecule has 22 heavy (non-hydrogen) atoms. The van der Waals surface area contributed by atoms with Crippen LogP contribution in [0, 0.1) is 0 Å². The number of amides is 1. The van der Waals surface area contributed by atoms with Crippen molar-refractivity contribution in [2.24, 2.45) is 0 Å². The van der Waals surface area contributed by atoms with Crippen molar-refractivity contribution in [3.63, 3.8) is 0 Å². The Morgan fingerprint density at radius 3 is 2.59 bits per heavy atom. The van der Waals surface area contributed by atoms with E-state index in [4.69, 9.17) is 27.9 Å². The molecule has 2 atom stereocenters. The van der Waals surface area contributed by atoms with Crippen LogP contribution in [0.2, 0.25) is 10.0 Å². The van der Waals surface area contributed by atoms with Crippen LogP contribution in [0.5, 0.6) is 0 Å². The van der Waals surface area contributed by atoms with Gasteiger partial charge in [0.05, 0.1) is 19.1 Å². The Bertz CT molecular complexity index is 558. The minimum absolute atomic E-state index is 0.0267. The van der Waals surface area contributed by atoms with E-state index in [0.717, 1.165) is 0 Å². The Morgan fingerprint density at radius 2 is 2.00 bits per heavy atom. The van der Waals surface area contributed by atoms with Gasteiger partial charge in [-0.15, -0.1) is 0 Å². The highest BCUT2D eigenvalue weighted by Crippen LogP contribution is 2.27. The average Bonchev–Trinajstić information content (AvgIpc) is 2.85. The molecule has 1 heterocycles. The van der Waals surface area contributed by atoms with Gasteiger partial charge < -0.3 is 14.7 Å². The summed E-state index contributed by atoms with van der Waals surface area (Å²) in [5.74, 6) is -0.817. The molecule has 1 N–H and O–H groups in total. The molecule has 1 aromatic carbocycles. The van der Waals surface area contributed by atoms with E-state index in [1.807, 2.05) is 0 Å². The maximum Gasteiger partial charge on any atom is 0.328 e. The molecule has 0 bridgehead atoms. The molecule has 1 aromatic rings. The maximum absolute atomic E-state index is 12.5. The standard InChI is InChI=1S/C15H17Cl2NO4/c1-2-22-15(21)13-6-9(19)8-18(13)14(20)7-10-11(16)4-3-5-12(10)17/h3-5,9,13,19H,2,6-8H2,1H3. The Hall–Kier alpha value is -1.30. The fraction of sp³-hybridized carbons (Fsp3) is 0.467. The van der Waals surface area contributed by atoms with Crippen LogP contribution in [-0.4, -0.2) is 47.2 Å². The summed E-state index contributed by atoms with van der Waals surface area (Å²) in [5, 5.41) is 10.6. The van der Waals surface area contributed by atoms with Gasteiger partial charge in [-0.25, -0.2) is 4.79 Å². The summed E-state index contributed by atoms with van der Waals surface area (Å²) in [4.78, 5) is 25.7. The van der Waals surface area contributed by atoms with Crippen molar-refractivity contribution in [3.05, 3.63) is 33.8 Å². The van der Waals surface area contributed by atoms with Gasteiger partial charge in [-0.3, -0.25) is 4.79 Å². The maximum atomic E-state index is 12.5. The van der Waals surface area contributed by atoms with Crippen LogP contribution in [0.1, 0.15) is 18.9 Å². The molecule has 120 valence electrons. The molecule has 0 aliphatic carbocycles. The van der Waals surface area contributed by atoms with Crippen molar-refractivity contribution in [3.8, 4) is 0 Å². The number of carbonyl (C=O) groups is 2. The van der Waals surface area contributed by atoms with E-state index in [1.165, 1.54) is 4.90 Å². The molecule has 1 amide bonds. The normalized spacial score (nSPS) is 21.0. The molecule has 2 unspecified atom stereocenters. The van der Waals surface area contributed by atoms with Crippen LogP contribution >= 0.6 is 23.2 Å². The van der Waals surface area contributed by atoms with Gasteiger partial charge in [-0.1, -0.05) is 29.3 Å². The van der Waals surface area contributed by atoms with Crippen molar-refractivity contribution in [2.45, 2.75) is 31.9 Å². The molecular formula is C15H17Cl2NO4. The van der Waals surface area contributed by atoms with E-state index in [1.54, 1.807) is 25.1 Å². The summed E-state index contributed by atoms with van der Waals surface area (Å²) in [6, 6.07) is 4.23. The number of hydrogen-bond donors (Lipinski definition) is 1. The number of β-amino-alcohol motifs (C(OH)–C–C–N with tert-alkyl or cyclic N) is 1. The summed E-state index contributed by atoms with van der Waals surface area (Å²) in [5.41, 5.74) is 0.514. The number of nitrogens with zero attached hydrogens (tertiary/aromatic N) is 1. The summed E-state index contributed by atoms with van der Waals surface area (Å²) in [7, 11) is 0. The van der Waals surface area contributed by atoms with E-state index in [2.05, 4.69) is 0 Å². The highest BCUT2D eigenvalue weighted by Gasteiger charge is 2.39. The molecule has 1 aliphatic rings. The van der Waals surface area contributed by atoms with E-state index in [-0.39, 0.29) is 31.9 Å². The molecular weight excluding hydrogens is 329 g/mol. The largest absolute Gasteiger partial charge is 0.464 e. The van der Waals surface area contributed by atoms with Crippen molar-refractivity contribution >= 4 is 35.1 Å². The third-order valence-corrected chi connectivity index (χ3v) is 4.26. The Balaban J connectivity index is 2.15. The number of likely N-dealkylation sites (tertiary alicyclic amines) is 1. The SMILES string of the molecule is CCOC(=O)C1CC(O)CN1C(=O)Cc1c(Cl)cccc1Cl. The first-order valence-electron chi connectivity index (χ1n) is 7.01. The molecule has 5 nitrogen and oxygen atoms in total. The minimum Gasteiger partial charge on any atom is -0.464 e. The molecule has 0 aromatic heterocycles. The second-order valence-corrected chi connectivity index (χ2v) is 5.89. The molecule has 0 spiro atoms. The highest BCUT2D eigenvalue weighted by atomic mass is 35.5. The van der Waals surface area contributed by atoms with Gasteiger partial charge in [0, 0.05) is 23.0 Å². The van der Waals surface area contributed by atoms with Gasteiger partial charge in [0.15, 0.2) is 0 Å². The van der Waals surface area contributed by atoms with E-state index >= 15 is 0 Å². The number of ether oxygens (including phenoxy) is 1. The van der Waals surface area contributed by atoms with Crippen LogP contribution in [0.15, 0.2) is 18.2 Å². The monoisotopic (exact) mass is 345 g/mol. The first-order valence-corrected chi connectivity index (χ1v) is 7.76. The van der Waals surface area contributed by atoms with Gasteiger partial charge in [0.2, 0.25) is 5.91 Å². The van der Waals surface area contributed by atoms with Crippen LogP contribution in [0.4, 0.5) is 0 Å². The Kier molecular flexibility index (Phi) is 5.67. The number of benzene rings is 1. The number of esters is 1. The van der Waals surface area contributed by atoms with Crippen LogP contribution in [0.3, 0.4) is 0 Å². The number of aliphatic hydroxyl groups is 1. The van der Waals surface area contributed by atoms with Crippen molar-refractivity contribution in [2.75, 3.05) is 13.2 Å². The second kappa shape index (κ2) is 7.31. The third kappa shape index (κ3) is 3.72. The average molecular weight is 346 g/mol. The molecule has 1 saturated heterocycles. The minimum atomic E-state index is -0.760. The molecule has 0 radical (unpaired) electrons. The van der Waals surface area contributed by atoms with Gasteiger partial charge >= 0.3 is 5.97 Å². The lowest BCUT2D eigenvalue weighted by Gasteiger charge is -2.23. The van der Waals surface area contributed by atoms with Crippen LogP contribution in [0.25, 0.3) is 0 Å². The molecule has 1 fully saturated rings. The first kappa shape index (κ1) is 17.1. The van der Waals surface area contributed by atoms with E-state index in [0.29, 0.717) is 15.6 Å².